The number of phenols is 1. The number of benzene rings is 1. The van der Waals surface area contributed by atoms with E-state index in [1.807, 2.05) is 6.92 Å². The van der Waals surface area contributed by atoms with Crippen LogP contribution in [-0.4, -0.2) is 45.1 Å². The van der Waals surface area contributed by atoms with Crippen LogP contribution in [0, 0.1) is 0 Å². The predicted molar refractivity (Wildman–Crippen MR) is 73.9 cm³/mol. The first-order chi connectivity index (χ1) is 9.63. The number of rotatable bonds is 8. The predicted octanol–water partition coefficient (Wildman–Crippen LogP) is 1.24. The molecule has 0 amide bonds. The fourth-order valence-corrected chi connectivity index (χ4v) is 1.74. The Labute approximate surface area is 118 Å². The molecule has 0 fully saturated rings. The van der Waals surface area contributed by atoms with E-state index in [-0.39, 0.29) is 5.75 Å². The van der Waals surface area contributed by atoms with Crippen molar-refractivity contribution in [3.05, 3.63) is 23.8 Å². The molecule has 0 bridgehead atoms. The van der Waals surface area contributed by atoms with Gasteiger partial charge in [0.2, 0.25) is 0 Å². The largest absolute Gasteiger partial charge is 0.504 e. The Kier molecular flexibility index (Phi) is 6.83. The van der Waals surface area contributed by atoms with E-state index in [1.165, 1.54) is 13.2 Å². The minimum Gasteiger partial charge on any atom is -0.504 e. The second-order valence-electron chi connectivity index (χ2n) is 4.06. The topological polar surface area (TPSA) is 77.0 Å². The fraction of sp³-hybridized carbons (Fsp3) is 0.500. The number of methoxy groups -OCH3 is 2. The van der Waals surface area contributed by atoms with Crippen molar-refractivity contribution in [1.82, 2.24) is 5.32 Å². The fourth-order valence-electron chi connectivity index (χ4n) is 1.74. The molecule has 1 aromatic rings. The number of esters is 1. The Morgan fingerprint density at radius 3 is 2.75 bits per heavy atom. The number of hydrogen-bond donors (Lipinski definition) is 2. The lowest BCUT2D eigenvalue weighted by Crippen LogP contribution is -2.32. The number of carbonyl (C=O) groups is 1. The molecule has 0 saturated heterocycles. The number of ether oxygens (including phenoxy) is 3. The zero-order valence-corrected chi connectivity index (χ0v) is 12.0. The lowest BCUT2D eigenvalue weighted by Gasteiger charge is -2.18. The average Bonchev–Trinajstić information content (AvgIpc) is 2.46. The summed E-state index contributed by atoms with van der Waals surface area (Å²) >= 11 is 0. The molecule has 2 N–H and O–H groups in total. The monoisotopic (exact) mass is 283 g/mol. The molecule has 1 unspecified atom stereocenters. The first-order valence-corrected chi connectivity index (χ1v) is 6.39. The van der Waals surface area contributed by atoms with E-state index in [2.05, 4.69) is 5.32 Å². The zero-order valence-electron chi connectivity index (χ0n) is 12.0. The highest BCUT2D eigenvalue weighted by molar-refractivity contribution is 5.77. The molecule has 0 aliphatic rings. The molecule has 0 spiro atoms. The van der Waals surface area contributed by atoms with Gasteiger partial charge in [-0.05, 0) is 24.6 Å². The standard InChI is InChI=1S/C14H21NO5/c1-4-20-12-9-10(5-6-11(12)16)13(14(17)19-3)15-7-8-18-2/h5-6,9,13,15-16H,4,7-8H2,1-3H3. The van der Waals surface area contributed by atoms with Crippen LogP contribution in [0.25, 0.3) is 0 Å². The SMILES string of the molecule is CCOc1cc(C(NCCOC)C(=O)OC)ccc1O. The van der Waals surface area contributed by atoms with Gasteiger partial charge in [0.25, 0.3) is 0 Å². The Hall–Kier alpha value is -1.79. The van der Waals surface area contributed by atoms with Gasteiger partial charge in [0.15, 0.2) is 11.5 Å². The lowest BCUT2D eigenvalue weighted by molar-refractivity contribution is -0.143. The summed E-state index contributed by atoms with van der Waals surface area (Å²) in [5, 5.41) is 12.7. The van der Waals surface area contributed by atoms with Crippen molar-refractivity contribution >= 4 is 5.97 Å². The van der Waals surface area contributed by atoms with Crippen LogP contribution in [0.2, 0.25) is 0 Å². The molecule has 6 nitrogen and oxygen atoms in total. The Morgan fingerprint density at radius 1 is 1.40 bits per heavy atom. The highest BCUT2D eigenvalue weighted by atomic mass is 16.5. The molecular formula is C14H21NO5. The van der Waals surface area contributed by atoms with Crippen LogP contribution in [0.3, 0.4) is 0 Å². The molecule has 0 aromatic heterocycles. The molecule has 20 heavy (non-hydrogen) atoms. The van der Waals surface area contributed by atoms with Crippen molar-refractivity contribution in [3.63, 3.8) is 0 Å². The maximum absolute atomic E-state index is 11.8. The number of aromatic hydroxyl groups is 1. The van der Waals surface area contributed by atoms with Crippen LogP contribution < -0.4 is 10.1 Å². The van der Waals surface area contributed by atoms with E-state index >= 15 is 0 Å². The summed E-state index contributed by atoms with van der Waals surface area (Å²) in [6.45, 7) is 3.22. The van der Waals surface area contributed by atoms with Crippen LogP contribution in [0.4, 0.5) is 0 Å². The smallest absolute Gasteiger partial charge is 0.327 e. The van der Waals surface area contributed by atoms with Gasteiger partial charge >= 0.3 is 5.97 Å². The molecule has 112 valence electrons. The van der Waals surface area contributed by atoms with E-state index in [4.69, 9.17) is 14.2 Å². The minimum atomic E-state index is -0.630. The van der Waals surface area contributed by atoms with Gasteiger partial charge in [-0.2, -0.15) is 0 Å². The molecule has 0 aliphatic heterocycles. The summed E-state index contributed by atoms with van der Waals surface area (Å²) in [7, 11) is 2.92. The molecule has 1 rings (SSSR count). The third-order valence-corrected chi connectivity index (χ3v) is 2.71. The van der Waals surface area contributed by atoms with Gasteiger partial charge in [0, 0.05) is 13.7 Å². The van der Waals surface area contributed by atoms with E-state index in [0.29, 0.717) is 31.1 Å². The molecule has 0 saturated carbocycles. The Balaban J connectivity index is 2.94. The molecule has 1 aromatic carbocycles. The van der Waals surface area contributed by atoms with Crippen LogP contribution in [0.5, 0.6) is 11.5 Å². The van der Waals surface area contributed by atoms with Crippen molar-refractivity contribution in [1.29, 1.82) is 0 Å². The normalized spacial score (nSPS) is 11.9. The summed E-state index contributed by atoms with van der Waals surface area (Å²) in [6.07, 6.45) is 0. The first kappa shape index (κ1) is 16.3. The van der Waals surface area contributed by atoms with Gasteiger partial charge in [-0.1, -0.05) is 6.07 Å². The quantitative estimate of drug-likeness (QED) is 0.552. The van der Waals surface area contributed by atoms with Gasteiger partial charge in [0.05, 0.1) is 20.3 Å². The summed E-state index contributed by atoms with van der Waals surface area (Å²) in [5.74, 6) is -0.0298. The Morgan fingerprint density at radius 2 is 2.15 bits per heavy atom. The summed E-state index contributed by atoms with van der Waals surface area (Å²) in [5.41, 5.74) is 0.661. The van der Waals surface area contributed by atoms with Crippen molar-refractivity contribution in [2.24, 2.45) is 0 Å². The van der Waals surface area contributed by atoms with Crippen molar-refractivity contribution < 1.29 is 24.1 Å². The van der Waals surface area contributed by atoms with Crippen LogP contribution >= 0.6 is 0 Å². The second kappa shape index (κ2) is 8.39. The van der Waals surface area contributed by atoms with Gasteiger partial charge in [0.1, 0.15) is 6.04 Å². The third kappa shape index (κ3) is 4.40. The molecule has 1 atom stereocenters. The van der Waals surface area contributed by atoms with Crippen molar-refractivity contribution in [2.75, 3.05) is 34.0 Å². The van der Waals surface area contributed by atoms with Crippen molar-refractivity contribution in [2.45, 2.75) is 13.0 Å². The van der Waals surface area contributed by atoms with E-state index in [9.17, 15) is 9.90 Å². The first-order valence-electron chi connectivity index (χ1n) is 6.39. The molecular weight excluding hydrogens is 262 g/mol. The number of carbonyl (C=O) groups excluding carboxylic acids is 1. The number of hydrogen-bond acceptors (Lipinski definition) is 6. The van der Waals surface area contributed by atoms with Gasteiger partial charge in [-0.3, -0.25) is 5.32 Å². The highest BCUT2D eigenvalue weighted by Crippen LogP contribution is 2.29. The van der Waals surface area contributed by atoms with Crippen LogP contribution in [0.15, 0.2) is 18.2 Å². The highest BCUT2D eigenvalue weighted by Gasteiger charge is 2.22. The maximum Gasteiger partial charge on any atom is 0.327 e. The van der Waals surface area contributed by atoms with Crippen LogP contribution in [0.1, 0.15) is 18.5 Å². The van der Waals surface area contributed by atoms with Gasteiger partial charge in [-0.15, -0.1) is 0 Å². The summed E-state index contributed by atoms with van der Waals surface area (Å²) in [4.78, 5) is 11.8. The number of phenolic OH excluding ortho intramolecular Hbond substituents is 1. The van der Waals surface area contributed by atoms with E-state index in [0.717, 1.165) is 0 Å². The van der Waals surface area contributed by atoms with Gasteiger partial charge in [-0.25, -0.2) is 4.79 Å². The third-order valence-electron chi connectivity index (χ3n) is 2.71. The average molecular weight is 283 g/mol. The van der Waals surface area contributed by atoms with Crippen molar-refractivity contribution in [3.8, 4) is 11.5 Å². The van der Waals surface area contributed by atoms with Gasteiger partial charge < -0.3 is 19.3 Å². The maximum atomic E-state index is 11.8. The van der Waals surface area contributed by atoms with E-state index in [1.54, 1.807) is 19.2 Å². The summed E-state index contributed by atoms with van der Waals surface area (Å²) < 4.78 is 15.0. The van der Waals surface area contributed by atoms with E-state index < -0.39 is 12.0 Å². The Bertz CT molecular complexity index is 436. The second-order valence-corrected chi connectivity index (χ2v) is 4.06. The molecule has 0 radical (unpaired) electrons. The molecule has 6 heteroatoms. The lowest BCUT2D eigenvalue weighted by atomic mass is 10.1. The minimum absolute atomic E-state index is 0.0381. The number of nitrogens with one attached hydrogen (secondary N) is 1. The summed E-state index contributed by atoms with van der Waals surface area (Å²) in [6, 6.07) is 4.14. The zero-order chi connectivity index (χ0) is 15.0. The molecule has 0 aliphatic carbocycles. The molecule has 0 heterocycles. The van der Waals surface area contributed by atoms with Crippen LogP contribution in [-0.2, 0) is 14.3 Å².